The van der Waals surface area contributed by atoms with Crippen molar-refractivity contribution >= 4 is 39.1 Å². The maximum absolute atomic E-state index is 12.7. The number of amides is 1. The minimum atomic E-state index is -3.41. The third kappa shape index (κ3) is 4.90. The number of aryl methyl sites for hydroxylation is 1. The second-order valence-electron chi connectivity index (χ2n) is 7.00. The van der Waals surface area contributed by atoms with Crippen molar-refractivity contribution in [2.45, 2.75) is 19.8 Å². The highest BCUT2D eigenvalue weighted by atomic mass is 32.2. The molecule has 11 heteroatoms. The molecule has 3 rings (SSSR count). The van der Waals surface area contributed by atoms with Crippen LogP contribution in [0.15, 0.2) is 24.4 Å². The fourth-order valence-corrected chi connectivity index (χ4v) is 4.04. The van der Waals surface area contributed by atoms with Gasteiger partial charge < -0.3 is 15.0 Å². The average Bonchev–Trinajstić information content (AvgIpc) is 3.02. The van der Waals surface area contributed by atoms with Crippen LogP contribution in [-0.2, 0) is 33.0 Å². The molecular formula is C19H25N5O5S. The summed E-state index contributed by atoms with van der Waals surface area (Å²) in [6.45, 7) is 2.62. The fourth-order valence-electron chi connectivity index (χ4n) is 3.45. The molecule has 162 valence electrons. The van der Waals surface area contributed by atoms with E-state index in [4.69, 9.17) is 4.74 Å². The second-order valence-corrected chi connectivity index (χ2v) is 8.75. The molecule has 1 aromatic heterocycles. The molecule has 1 aromatic carbocycles. The van der Waals surface area contributed by atoms with Crippen molar-refractivity contribution in [2.24, 2.45) is 7.05 Å². The van der Waals surface area contributed by atoms with Gasteiger partial charge >= 0.3 is 5.97 Å². The van der Waals surface area contributed by atoms with E-state index >= 15 is 0 Å². The van der Waals surface area contributed by atoms with Crippen LogP contribution in [0.5, 0.6) is 0 Å². The summed E-state index contributed by atoms with van der Waals surface area (Å²) in [5.74, 6) is -0.609. The lowest BCUT2D eigenvalue weighted by Crippen LogP contribution is -2.37. The number of benzene rings is 1. The van der Waals surface area contributed by atoms with Gasteiger partial charge in [0.05, 0.1) is 31.3 Å². The summed E-state index contributed by atoms with van der Waals surface area (Å²) in [6.07, 6.45) is 3.95. The third-order valence-electron chi connectivity index (χ3n) is 4.67. The number of nitrogens with zero attached hydrogens (tertiary/aromatic N) is 3. The number of aromatic nitrogens is 2. The molecule has 1 aliphatic rings. The summed E-state index contributed by atoms with van der Waals surface area (Å²) in [5, 5.41) is 6.76. The SMILES string of the molecule is CCOC(=O)c1cnn(C)c1NC(=O)CN1CCCc2c(NS(C)(=O)=O)cccc21. The highest BCUT2D eigenvalue weighted by molar-refractivity contribution is 7.92. The van der Waals surface area contributed by atoms with Crippen molar-refractivity contribution in [2.75, 3.05) is 40.9 Å². The number of ether oxygens (including phenoxy) is 1. The van der Waals surface area contributed by atoms with Gasteiger partial charge in [-0.3, -0.25) is 14.2 Å². The predicted molar refractivity (Wildman–Crippen MR) is 113 cm³/mol. The lowest BCUT2D eigenvalue weighted by molar-refractivity contribution is -0.115. The van der Waals surface area contributed by atoms with Crippen LogP contribution in [-0.4, -0.2) is 56.0 Å². The normalized spacial score (nSPS) is 13.5. The highest BCUT2D eigenvalue weighted by Gasteiger charge is 2.24. The number of hydrogen-bond donors (Lipinski definition) is 2. The third-order valence-corrected chi connectivity index (χ3v) is 5.26. The number of anilines is 3. The van der Waals surface area contributed by atoms with Gasteiger partial charge in [0.1, 0.15) is 11.4 Å². The maximum Gasteiger partial charge on any atom is 0.343 e. The number of sulfonamides is 1. The van der Waals surface area contributed by atoms with Gasteiger partial charge in [0.15, 0.2) is 0 Å². The van der Waals surface area contributed by atoms with Gasteiger partial charge in [-0.05, 0) is 37.5 Å². The van der Waals surface area contributed by atoms with Crippen LogP contribution in [0.1, 0.15) is 29.3 Å². The van der Waals surface area contributed by atoms with Crippen LogP contribution < -0.4 is 14.9 Å². The first-order valence-electron chi connectivity index (χ1n) is 9.53. The van der Waals surface area contributed by atoms with E-state index in [1.54, 1.807) is 26.1 Å². The van der Waals surface area contributed by atoms with E-state index < -0.39 is 16.0 Å². The number of nitrogens with one attached hydrogen (secondary N) is 2. The van der Waals surface area contributed by atoms with Crippen molar-refractivity contribution in [3.05, 3.63) is 35.5 Å². The molecule has 0 spiro atoms. The summed E-state index contributed by atoms with van der Waals surface area (Å²) in [5.41, 5.74) is 2.37. The van der Waals surface area contributed by atoms with Crippen LogP contribution in [0, 0.1) is 0 Å². The molecular weight excluding hydrogens is 410 g/mol. The molecule has 0 saturated carbocycles. The van der Waals surface area contributed by atoms with E-state index in [-0.39, 0.29) is 30.4 Å². The van der Waals surface area contributed by atoms with Gasteiger partial charge in [-0.15, -0.1) is 0 Å². The second kappa shape index (κ2) is 8.74. The number of esters is 1. The van der Waals surface area contributed by atoms with E-state index in [0.29, 0.717) is 18.7 Å². The monoisotopic (exact) mass is 435 g/mol. The van der Waals surface area contributed by atoms with E-state index in [0.717, 1.165) is 23.9 Å². The zero-order valence-corrected chi connectivity index (χ0v) is 18.0. The van der Waals surface area contributed by atoms with Gasteiger partial charge in [-0.2, -0.15) is 5.10 Å². The van der Waals surface area contributed by atoms with Crippen molar-refractivity contribution in [3.63, 3.8) is 0 Å². The number of rotatable bonds is 7. The molecule has 30 heavy (non-hydrogen) atoms. The first kappa shape index (κ1) is 21.6. The summed E-state index contributed by atoms with van der Waals surface area (Å²) in [6, 6.07) is 5.33. The summed E-state index contributed by atoms with van der Waals surface area (Å²) in [4.78, 5) is 26.7. The minimum Gasteiger partial charge on any atom is -0.462 e. The molecule has 10 nitrogen and oxygen atoms in total. The number of fused-ring (bicyclic) bond motifs is 1. The predicted octanol–water partition coefficient (Wildman–Crippen LogP) is 1.36. The Balaban J connectivity index is 1.78. The molecule has 0 saturated heterocycles. The molecule has 1 amide bonds. The zero-order chi connectivity index (χ0) is 21.9. The van der Waals surface area contributed by atoms with Gasteiger partial charge in [-0.1, -0.05) is 6.07 Å². The first-order chi connectivity index (χ1) is 14.2. The van der Waals surface area contributed by atoms with Crippen LogP contribution in [0.25, 0.3) is 0 Å². The van der Waals surface area contributed by atoms with E-state index in [2.05, 4.69) is 15.1 Å². The van der Waals surface area contributed by atoms with Crippen molar-refractivity contribution in [1.82, 2.24) is 9.78 Å². The molecule has 0 fully saturated rings. The van der Waals surface area contributed by atoms with Crippen molar-refractivity contribution < 1.29 is 22.7 Å². The molecule has 2 heterocycles. The summed E-state index contributed by atoms with van der Waals surface area (Å²) < 4.78 is 32.3. The minimum absolute atomic E-state index is 0.0444. The molecule has 0 bridgehead atoms. The van der Waals surface area contributed by atoms with Gasteiger partial charge in [0.2, 0.25) is 15.9 Å². The Kier molecular flexibility index (Phi) is 6.30. The molecule has 0 atom stereocenters. The smallest absolute Gasteiger partial charge is 0.343 e. The molecule has 0 unspecified atom stereocenters. The zero-order valence-electron chi connectivity index (χ0n) is 17.1. The van der Waals surface area contributed by atoms with E-state index in [9.17, 15) is 18.0 Å². The Bertz CT molecular complexity index is 1060. The lowest BCUT2D eigenvalue weighted by atomic mass is 10.00. The average molecular weight is 436 g/mol. The topological polar surface area (TPSA) is 123 Å². The molecule has 2 aromatic rings. The Morgan fingerprint density at radius 1 is 1.30 bits per heavy atom. The van der Waals surface area contributed by atoms with Crippen LogP contribution in [0.4, 0.5) is 17.2 Å². The van der Waals surface area contributed by atoms with Gasteiger partial charge in [0, 0.05) is 19.3 Å². The molecule has 1 aliphatic heterocycles. The Labute approximate surface area is 175 Å². The van der Waals surface area contributed by atoms with Crippen molar-refractivity contribution in [3.8, 4) is 0 Å². The quantitative estimate of drug-likeness (QED) is 0.630. The van der Waals surface area contributed by atoms with E-state index in [1.165, 1.54) is 10.9 Å². The Hall–Kier alpha value is -3.08. The lowest BCUT2D eigenvalue weighted by Gasteiger charge is -2.32. The number of hydrogen-bond acceptors (Lipinski definition) is 7. The first-order valence-corrected chi connectivity index (χ1v) is 11.4. The molecule has 0 aliphatic carbocycles. The summed E-state index contributed by atoms with van der Waals surface area (Å²) >= 11 is 0. The Morgan fingerprint density at radius 3 is 2.77 bits per heavy atom. The molecule has 2 N–H and O–H groups in total. The van der Waals surface area contributed by atoms with Crippen LogP contribution in [0.2, 0.25) is 0 Å². The molecule has 0 radical (unpaired) electrons. The van der Waals surface area contributed by atoms with Crippen LogP contribution >= 0.6 is 0 Å². The highest BCUT2D eigenvalue weighted by Crippen LogP contribution is 2.33. The van der Waals surface area contributed by atoms with Gasteiger partial charge in [0.25, 0.3) is 0 Å². The maximum atomic E-state index is 12.7. The number of carbonyl (C=O) groups is 2. The Morgan fingerprint density at radius 2 is 2.07 bits per heavy atom. The fraction of sp³-hybridized carbons (Fsp3) is 0.421. The van der Waals surface area contributed by atoms with Crippen LogP contribution in [0.3, 0.4) is 0 Å². The van der Waals surface area contributed by atoms with Crippen molar-refractivity contribution in [1.29, 1.82) is 0 Å². The van der Waals surface area contributed by atoms with E-state index in [1.807, 2.05) is 11.0 Å². The summed E-state index contributed by atoms with van der Waals surface area (Å²) in [7, 11) is -1.79. The van der Waals surface area contributed by atoms with Gasteiger partial charge in [-0.25, -0.2) is 13.2 Å². The largest absolute Gasteiger partial charge is 0.462 e. The standard InChI is InChI=1S/C19H25N5O5S/c1-4-29-19(26)14-11-20-23(2)18(14)21-17(25)12-24-10-6-7-13-15(22-30(3,27)28)8-5-9-16(13)24/h5,8-9,11,22H,4,6-7,10,12H2,1-3H3,(H,21,25). The number of carbonyl (C=O) groups excluding carboxylic acids is 2.